The number of benzene rings is 2. The van der Waals surface area contributed by atoms with Gasteiger partial charge in [-0.1, -0.05) is 24.3 Å². The molecule has 0 aliphatic carbocycles. The van der Waals surface area contributed by atoms with E-state index in [9.17, 15) is 4.79 Å². The number of rotatable bonds is 3. The summed E-state index contributed by atoms with van der Waals surface area (Å²) < 4.78 is 11.0. The Hall–Kier alpha value is -2.55. The molecule has 0 saturated carbocycles. The normalized spacial score (nSPS) is 10.8. The lowest BCUT2D eigenvalue weighted by atomic mass is 10.0. The molecular formula is C18H16O3. The third-order valence-electron chi connectivity index (χ3n) is 3.74. The van der Waals surface area contributed by atoms with Crippen LogP contribution in [0.1, 0.15) is 27.2 Å². The minimum Gasteiger partial charge on any atom is -0.497 e. The predicted octanol–water partition coefficient (Wildman–Crippen LogP) is 4.29. The molecule has 0 saturated heterocycles. The summed E-state index contributed by atoms with van der Waals surface area (Å²) in [5, 5.41) is 0.909. The maximum Gasteiger partial charge on any atom is 0.228 e. The van der Waals surface area contributed by atoms with Crippen molar-refractivity contribution < 1.29 is 13.9 Å². The van der Waals surface area contributed by atoms with Crippen molar-refractivity contribution in [1.82, 2.24) is 0 Å². The lowest BCUT2D eigenvalue weighted by Crippen LogP contribution is -2.03. The summed E-state index contributed by atoms with van der Waals surface area (Å²) in [5.74, 6) is 1.06. The largest absolute Gasteiger partial charge is 0.497 e. The fourth-order valence-electron chi connectivity index (χ4n) is 2.49. The van der Waals surface area contributed by atoms with Gasteiger partial charge in [0.2, 0.25) is 5.78 Å². The fraction of sp³-hybridized carbons (Fsp3) is 0.167. The van der Waals surface area contributed by atoms with Crippen molar-refractivity contribution >= 4 is 16.8 Å². The van der Waals surface area contributed by atoms with Gasteiger partial charge in [0.1, 0.15) is 11.3 Å². The van der Waals surface area contributed by atoms with E-state index in [2.05, 4.69) is 0 Å². The summed E-state index contributed by atoms with van der Waals surface area (Å²) >= 11 is 0. The van der Waals surface area contributed by atoms with Crippen molar-refractivity contribution in [3.63, 3.8) is 0 Å². The molecule has 0 unspecified atom stereocenters. The number of ether oxygens (including phenoxy) is 1. The van der Waals surface area contributed by atoms with Crippen molar-refractivity contribution in [2.75, 3.05) is 7.11 Å². The minimum absolute atomic E-state index is 0.0826. The highest BCUT2D eigenvalue weighted by molar-refractivity contribution is 6.11. The molecule has 0 atom stereocenters. The Morgan fingerprint density at radius 1 is 1.10 bits per heavy atom. The van der Waals surface area contributed by atoms with E-state index >= 15 is 0 Å². The molecule has 0 bridgehead atoms. The van der Waals surface area contributed by atoms with Gasteiger partial charge in [0.15, 0.2) is 5.76 Å². The smallest absolute Gasteiger partial charge is 0.228 e. The quantitative estimate of drug-likeness (QED) is 0.672. The van der Waals surface area contributed by atoms with Crippen LogP contribution in [0.2, 0.25) is 0 Å². The summed E-state index contributed by atoms with van der Waals surface area (Å²) in [6.45, 7) is 3.82. The van der Waals surface area contributed by atoms with Crippen LogP contribution in [0.25, 0.3) is 11.0 Å². The van der Waals surface area contributed by atoms with Crippen LogP contribution >= 0.6 is 0 Å². The van der Waals surface area contributed by atoms with Gasteiger partial charge in [-0.2, -0.15) is 0 Å². The van der Waals surface area contributed by atoms with Gasteiger partial charge in [-0.3, -0.25) is 4.79 Å². The van der Waals surface area contributed by atoms with E-state index in [1.165, 1.54) is 0 Å². The van der Waals surface area contributed by atoms with E-state index in [1.807, 2.05) is 56.3 Å². The van der Waals surface area contributed by atoms with Crippen LogP contribution in [0.3, 0.4) is 0 Å². The average Bonchev–Trinajstić information content (AvgIpc) is 2.83. The SMILES string of the molecule is COc1ccc2oc(C(=O)c3ccccc3C)c(C)c2c1. The molecule has 0 aliphatic rings. The van der Waals surface area contributed by atoms with Gasteiger partial charge in [-0.15, -0.1) is 0 Å². The first kappa shape index (κ1) is 13.4. The molecule has 1 heterocycles. The van der Waals surface area contributed by atoms with Crippen molar-refractivity contribution in [2.24, 2.45) is 0 Å². The van der Waals surface area contributed by atoms with Gasteiger partial charge in [0, 0.05) is 16.5 Å². The number of fused-ring (bicyclic) bond motifs is 1. The molecule has 3 aromatic rings. The number of methoxy groups -OCH3 is 1. The zero-order valence-corrected chi connectivity index (χ0v) is 12.3. The number of hydrogen-bond acceptors (Lipinski definition) is 3. The number of carbonyl (C=O) groups is 1. The Morgan fingerprint density at radius 3 is 2.57 bits per heavy atom. The lowest BCUT2D eigenvalue weighted by Gasteiger charge is -2.02. The standard InChI is InChI=1S/C18H16O3/c1-11-6-4-5-7-14(11)17(19)18-12(2)15-10-13(20-3)8-9-16(15)21-18/h4-10H,1-3H3. The third-order valence-corrected chi connectivity index (χ3v) is 3.74. The van der Waals surface area contributed by atoms with Crippen LogP contribution in [0, 0.1) is 13.8 Å². The molecule has 0 aliphatic heterocycles. The highest BCUT2D eigenvalue weighted by atomic mass is 16.5. The maximum atomic E-state index is 12.7. The van der Waals surface area contributed by atoms with Crippen LogP contribution in [0.15, 0.2) is 46.9 Å². The molecule has 106 valence electrons. The molecule has 0 N–H and O–H groups in total. The second-order valence-corrected chi connectivity index (χ2v) is 5.06. The molecular weight excluding hydrogens is 264 g/mol. The Kier molecular flexibility index (Phi) is 3.26. The van der Waals surface area contributed by atoms with Gasteiger partial charge >= 0.3 is 0 Å². The van der Waals surface area contributed by atoms with E-state index in [0.29, 0.717) is 16.9 Å². The molecule has 3 nitrogen and oxygen atoms in total. The number of furan rings is 1. The van der Waals surface area contributed by atoms with E-state index < -0.39 is 0 Å². The van der Waals surface area contributed by atoms with Crippen LogP contribution in [-0.4, -0.2) is 12.9 Å². The molecule has 0 amide bonds. The molecule has 3 rings (SSSR count). The van der Waals surface area contributed by atoms with Gasteiger partial charge < -0.3 is 9.15 Å². The Bertz CT molecular complexity index is 828. The molecule has 0 radical (unpaired) electrons. The highest BCUT2D eigenvalue weighted by Gasteiger charge is 2.20. The summed E-state index contributed by atoms with van der Waals surface area (Å²) in [4.78, 5) is 12.7. The van der Waals surface area contributed by atoms with Crippen LogP contribution in [0.5, 0.6) is 5.75 Å². The zero-order valence-electron chi connectivity index (χ0n) is 12.3. The summed E-state index contributed by atoms with van der Waals surface area (Å²) in [6, 6.07) is 13.1. The Balaban J connectivity index is 2.15. The number of carbonyl (C=O) groups excluding carboxylic acids is 1. The first-order valence-electron chi connectivity index (χ1n) is 6.79. The molecule has 3 heteroatoms. The highest BCUT2D eigenvalue weighted by Crippen LogP contribution is 2.30. The predicted molar refractivity (Wildman–Crippen MR) is 82.1 cm³/mol. The second kappa shape index (κ2) is 5.09. The molecule has 1 aromatic heterocycles. The molecule has 2 aromatic carbocycles. The maximum absolute atomic E-state index is 12.7. The zero-order chi connectivity index (χ0) is 15.0. The van der Waals surface area contributed by atoms with Crippen LogP contribution < -0.4 is 4.74 Å². The minimum atomic E-state index is -0.0826. The van der Waals surface area contributed by atoms with Gasteiger partial charge in [0.25, 0.3) is 0 Å². The number of ketones is 1. The van der Waals surface area contributed by atoms with Gasteiger partial charge in [0.05, 0.1) is 7.11 Å². The first-order chi connectivity index (χ1) is 10.1. The van der Waals surface area contributed by atoms with E-state index in [-0.39, 0.29) is 5.78 Å². The molecule has 0 spiro atoms. The van der Waals surface area contributed by atoms with Crippen molar-refractivity contribution in [2.45, 2.75) is 13.8 Å². The van der Waals surface area contributed by atoms with Crippen molar-refractivity contribution in [3.05, 3.63) is 64.9 Å². The van der Waals surface area contributed by atoms with Gasteiger partial charge in [-0.25, -0.2) is 0 Å². The molecule has 0 fully saturated rings. The second-order valence-electron chi connectivity index (χ2n) is 5.06. The summed E-state index contributed by atoms with van der Waals surface area (Å²) in [5.41, 5.74) is 3.16. The summed E-state index contributed by atoms with van der Waals surface area (Å²) in [6.07, 6.45) is 0. The van der Waals surface area contributed by atoms with E-state index in [4.69, 9.17) is 9.15 Å². The van der Waals surface area contributed by atoms with Crippen molar-refractivity contribution in [3.8, 4) is 5.75 Å². The van der Waals surface area contributed by atoms with Crippen LogP contribution in [0.4, 0.5) is 0 Å². The van der Waals surface area contributed by atoms with Crippen molar-refractivity contribution in [1.29, 1.82) is 0 Å². The summed E-state index contributed by atoms with van der Waals surface area (Å²) in [7, 11) is 1.62. The monoisotopic (exact) mass is 280 g/mol. The Morgan fingerprint density at radius 2 is 1.86 bits per heavy atom. The van der Waals surface area contributed by atoms with E-state index in [1.54, 1.807) is 7.11 Å². The number of aryl methyl sites for hydroxylation is 2. The molecule has 21 heavy (non-hydrogen) atoms. The Labute approximate surface area is 123 Å². The topological polar surface area (TPSA) is 39.4 Å². The first-order valence-corrected chi connectivity index (χ1v) is 6.79. The van der Waals surface area contributed by atoms with E-state index in [0.717, 1.165) is 22.3 Å². The number of hydrogen-bond donors (Lipinski definition) is 0. The lowest BCUT2D eigenvalue weighted by molar-refractivity contribution is 0.101. The average molecular weight is 280 g/mol. The van der Waals surface area contributed by atoms with Gasteiger partial charge in [-0.05, 0) is 37.6 Å². The van der Waals surface area contributed by atoms with Crippen LogP contribution in [-0.2, 0) is 0 Å². The fourth-order valence-corrected chi connectivity index (χ4v) is 2.49. The third kappa shape index (κ3) is 2.21.